The van der Waals surface area contributed by atoms with Crippen LogP contribution in [0.25, 0.3) is 0 Å². The molecule has 3 rings (SSSR count). The van der Waals surface area contributed by atoms with E-state index in [4.69, 9.17) is 5.73 Å². The molecule has 0 radical (unpaired) electrons. The molecule has 0 aliphatic carbocycles. The largest absolute Gasteiger partial charge is 0.491 e. The fourth-order valence-electron chi connectivity index (χ4n) is 4.15. The monoisotopic (exact) mass is 512 g/mol. The number of hydrogen-bond acceptors (Lipinski definition) is 8. The lowest BCUT2D eigenvalue weighted by Crippen LogP contribution is -2.54. The van der Waals surface area contributed by atoms with Crippen LogP contribution in [0.1, 0.15) is 72.1 Å². The summed E-state index contributed by atoms with van der Waals surface area (Å²) in [6.45, 7) is 0.840. The number of fused-ring (bicyclic) bond motifs is 1. The zero-order chi connectivity index (χ0) is 26.5. The van der Waals surface area contributed by atoms with Gasteiger partial charge in [0.2, 0.25) is 11.8 Å². The number of imide groups is 2. The Morgan fingerprint density at radius 1 is 1.06 bits per heavy atom. The predicted molar refractivity (Wildman–Crippen MR) is 120 cm³/mol. The number of nitrogens with zero attached hydrogens (tertiary/aromatic N) is 1. The van der Waals surface area contributed by atoms with Crippen molar-refractivity contribution in [2.75, 3.05) is 18.4 Å². The van der Waals surface area contributed by atoms with Crippen LogP contribution in [0.15, 0.2) is 12.1 Å². The fourth-order valence-corrected chi connectivity index (χ4v) is 4.15. The summed E-state index contributed by atoms with van der Waals surface area (Å²) in [5.74, 6) is -6.18. The highest BCUT2D eigenvalue weighted by atomic mass is 19.4. The van der Waals surface area contributed by atoms with Crippen molar-refractivity contribution in [3.05, 3.63) is 23.3 Å². The molecule has 1 aromatic rings. The Morgan fingerprint density at radius 3 is 2.36 bits per heavy atom. The van der Waals surface area contributed by atoms with Crippen LogP contribution in [0.2, 0.25) is 0 Å². The number of halogens is 3. The highest BCUT2D eigenvalue weighted by Crippen LogP contribution is 2.39. The van der Waals surface area contributed by atoms with E-state index in [2.05, 4.69) is 15.4 Å². The molecule has 0 bridgehead atoms. The molecule has 196 valence electrons. The number of hydrogen-bond donors (Lipinski definition) is 3. The second kappa shape index (κ2) is 11.5. The van der Waals surface area contributed by atoms with Crippen LogP contribution in [0.3, 0.4) is 0 Å². The van der Waals surface area contributed by atoms with Crippen molar-refractivity contribution < 1.29 is 41.9 Å². The Kier molecular flexibility index (Phi) is 8.66. The van der Waals surface area contributed by atoms with Crippen LogP contribution in [-0.4, -0.2) is 59.8 Å². The molecular weight excluding hydrogens is 485 g/mol. The van der Waals surface area contributed by atoms with Gasteiger partial charge in [0.1, 0.15) is 6.04 Å². The summed E-state index contributed by atoms with van der Waals surface area (Å²) >= 11 is 0. The van der Waals surface area contributed by atoms with Crippen molar-refractivity contribution in [2.45, 2.75) is 63.6 Å². The van der Waals surface area contributed by atoms with Crippen LogP contribution in [0.5, 0.6) is 5.75 Å². The van der Waals surface area contributed by atoms with Gasteiger partial charge in [-0.15, -0.1) is 0 Å². The zero-order valence-corrected chi connectivity index (χ0v) is 19.4. The van der Waals surface area contributed by atoms with Crippen LogP contribution >= 0.6 is 0 Å². The van der Waals surface area contributed by atoms with E-state index in [0.717, 1.165) is 44.2 Å². The van der Waals surface area contributed by atoms with Gasteiger partial charge in [0.05, 0.1) is 16.8 Å². The number of benzene rings is 1. The molecule has 1 aromatic carbocycles. The molecule has 36 heavy (non-hydrogen) atoms. The van der Waals surface area contributed by atoms with Crippen LogP contribution in [0.4, 0.5) is 18.9 Å². The summed E-state index contributed by atoms with van der Waals surface area (Å²) in [5, 5.41) is 4.91. The maximum absolute atomic E-state index is 13.3. The topological polar surface area (TPSA) is 148 Å². The average molecular weight is 512 g/mol. The highest BCUT2D eigenvalue weighted by Gasteiger charge is 2.47. The van der Waals surface area contributed by atoms with E-state index in [0.29, 0.717) is 17.9 Å². The second-order valence-corrected chi connectivity index (χ2v) is 8.53. The maximum atomic E-state index is 13.3. The molecule has 13 heteroatoms. The first-order valence-electron chi connectivity index (χ1n) is 11.7. The van der Waals surface area contributed by atoms with Gasteiger partial charge in [-0.1, -0.05) is 25.7 Å². The van der Waals surface area contributed by atoms with E-state index in [-0.39, 0.29) is 36.2 Å². The number of amides is 4. The third-order valence-corrected chi connectivity index (χ3v) is 5.94. The molecule has 0 saturated carbocycles. The number of esters is 1. The summed E-state index contributed by atoms with van der Waals surface area (Å²) in [5.41, 5.74) is 4.78. The normalized spacial score (nSPS) is 17.8. The first-order chi connectivity index (χ1) is 17.1. The third-order valence-electron chi connectivity index (χ3n) is 5.94. The Morgan fingerprint density at radius 2 is 1.72 bits per heavy atom. The fraction of sp³-hybridized carbons (Fsp3) is 0.522. The number of anilines is 1. The molecule has 1 saturated heterocycles. The van der Waals surface area contributed by atoms with Crippen molar-refractivity contribution in [3.63, 3.8) is 0 Å². The standard InChI is InChI=1S/C23H27F3N4O6/c24-23(25,26)22(35)36-15-9-7-13-17(18(15)28-12-6-4-2-1-3-5-11-27)21(34)30(20(13)33)14-8-10-16(31)29-19(14)32/h7,9,14,28H,1-6,8,10-12,27H2,(H,29,31,32). The quantitative estimate of drug-likeness (QED) is 0.177. The van der Waals surface area contributed by atoms with Gasteiger partial charge in [0.15, 0.2) is 5.75 Å². The minimum Gasteiger partial charge on any atom is -0.418 e. The van der Waals surface area contributed by atoms with Crippen molar-refractivity contribution in [2.24, 2.45) is 5.73 Å². The van der Waals surface area contributed by atoms with Crippen molar-refractivity contribution in [3.8, 4) is 5.75 Å². The molecular formula is C23H27F3N4O6. The predicted octanol–water partition coefficient (Wildman–Crippen LogP) is 2.27. The minimum atomic E-state index is -5.28. The van der Waals surface area contributed by atoms with Crippen molar-refractivity contribution >= 4 is 35.3 Å². The smallest absolute Gasteiger partial charge is 0.418 e. The lowest BCUT2D eigenvalue weighted by atomic mass is 10.0. The van der Waals surface area contributed by atoms with Crippen LogP contribution in [0, 0.1) is 0 Å². The van der Waals surface area contributed by atoms with E-state index in [1.807, 2.05) is 0 Å². The first-order valence-corrected chi connectivity index (χ1v) is 11.7. The zero-order valence-electron chi connectivity index (χ0n) is 19.4. The van der Waals surface area contributed by atoms with Gasteiger partial charge in [0.25, 0.3) is 11.8 Å². The van der Waals surface area contributed by atoms with Gasteiger partial charge in [0, 0.05) is 13.0 Å². The highest BCUT2D eigenvalue weighted by molar-refractivity contribution is 6.26. The Balaban J connectivity index is 1.84. The van der Waals surface area contributed by atoms with Gasteiger partial charge in [-0.3, -0.25) is 29.4 Å². The SMILES string of the molecule is NCCCCCCCCNc1c(OC(=O)C(F)(F)F)ccc2c1C(=O)N(C1CCC(=O)NC1=O)C2=O. The number of ether oxygens (including phenoxy) is 1. The molecule has 1 fully saturated rings. The number of unbranched alkanes of at least 4 members (excludes halogenated alkanes) is 5. The van der Waals surface area contributed by atoms with Gasteiger partial charge in [-0.05, 0) is 37.9 Å². The molecule has 2 heterocycles. The molecule has 10 nitrogen and oxygen atoms in total. The van der Waals surface area contributed by atoms with Gasteiger partial charge in [-0.25, -0.2) is 4.79 Å². The number of nitrogens with one attached hydrogen (secondary N) is 2. The molecule has 1 atom stereocenters. The molecule has 4 amide bonds. The number of rotatable bonds is 11. The van der Waals surface area contributed by atoms with E-state index in [1.165, 1.54) is 0 Å². The molecule has 0 spiro atoms. The maximum Gasteiger partial charge on any atom is 0.491 e. The minimum absolute atomic E-state index is 0.0844. The average Bonchev–Trinajstić information content (AvgIpc) is 3.06. The van der Waals surface area contributed by atoms with Gasteiger partial charge in [-0.2, -0.15) is 13.2 Å². The lowest BCUT2D eigenvalue weighted by Gasteiger charge is -2.27. The van der Waals surface area contributed by atoms with Gasteiger partial charge >= 0.3 is 12.1 Å². The first kappa shape index (κ1) is 27.1. The second-order valence-electron chi connectivity index (χ2n) is 8.53. The third kappa shape index (κ3) is 6.01. The van der Waals surface area contributed by atoms with E-state index in [9.17, 15) is 37.1 Å². The Hall–Kier alpha value is -3.48. The molecule has 2 aliphatic rings. The summed E-state index contributed by atoms with van der Waals surface area (Å²) in [4.78, 5) is 62.2. The Bertz CT molecular complexity index is 1060. The molecule has 0 aromatic heterocycles. The summed E-state index contributed by atoms with van der Waals surface area (Å²) in [6.07, 6.45) is -0.280. The molecule has 2 aliphatic heterocycles. The summed E-state index contributed by atoms with van der Waals surface area (Å²) in [7, 11) is 0. The summed E-state index contributed by atoms with van der Waals surface area (Å²) < 4.78 is 43.0. The Labute approximate surface area is 204 Å². The molecule has 4 N–H and O–H groups in total. The van der Waals surface area contributed by atoms with E-state index >= 15 is 0 Å². The van der Waals surface area contributed by atoms with E-state index < -0.39 is 47.6 Å². The lowest BCUT2D eigenvalue weighted by molar-refractivity contribution is -0.189. The van der Waals surface area contributed by atoms with Crippen molar-refractivity contribution in [1.29, 1.82) is 0 Å². The summed E-state index contributed by atoms with van der Waals surface area (Å²) in [6, 6.07) is 0.817. The van der Waals surface area contributed by atoms with Crippen molar-refractivity contribution in [1.82, 2.24) is 10.2 Å². The molecule has 1 unspecified atom stereocenters. The number of nitrogens with two attached hydrogens (primary N) is 1. The number of carbonyl (C=O) groups is 5. The number of piperidine rings is 1. The van der Waals surface area contributed by atoms with E-state index in [1.54, 1.807) is 0 Å². The van der Waals surface area contributed by atoms with Gasteiger partial charge < -0.3 is 15.8 Å². The number of alkyl halides is 3. The number of carbonyl (C=O) groups excluding carboxylic acids is 5. The van der Waals surface area contributed by atoms with Crippen LogP contribution < -0.4 is 21.1 Å². The van der Waals surface area contributed by atoms with Crippen LogP contribution in [-0.2, 0) is 14.4 Å².